The van der Waals surface area contributed by atoms with Crippen LogP contribution in [-0.2, 0) is 17.6 Å². The number of carbonyl (C=O) groups is 2. The number of nitrogens with two attached hydrogens (primary N) is 1. The van der Waals surface area contributed by atoms with E-state index in [1.807, 2.05) is 6.92 Å². The van der Waals surface area contributed by atoms with E-state index in [4.69, 9.17) is 5.73 Å². The van der Waals surface area contributed by atoms with Crippen molar-refractivity contribution in [1.82, 2.24) is 0 Å². The molecule has 1 fully saturated rings. The topological polar surface area (TPSA) is 76.6 Å². The first kappa shape index (κ1) is 16.5. The normalized spacial score (nSPS) is 19.9. The summed E-state index contributed by atoms with van der Waals surface area (Å²) >= 11 is 1.53. The molecular formula is C17H26N3O2S+. The third kappa shape index (κ3) is 3.43. The SMILES string of the molecule is C[C@H](C(=O)Nc1sc2c(c1C(N)=O)CCC2)[NH+]1CCCCCC1. The Kier molecular flexibility index (Phi) is 5.02. The molecule has 1 saturated heterocycles. The van der Waals surface area contributed by atoms with Gasteiger partial charge in [-0.1, -0.05) is 0 Å². The summed E-state index contributed by atoms with van der Waals surface area (Å²) in [6.45, 7) is 4.09. The first-order valence-electron chi connectivity index (χ1n) is 8.67. The highest BCUT2D eigenvalue weighted by molar-refractivity contribution is 7.17. The molecule has 6 heteroatoms. The van der Waals surface area contributed by atoms with Gasteiger partial charge in [0.25, 0.3) is 11.8 Å². The molecule has 23 heavy (non-hydrogen) atoms. The lowest BCUT2D eigenvalue weighted by molar-refractivity contribution is -0.913. The lowest BCUT2D eigenvalue weighted by Gasteiger charge is -2.23. The average Bonchev–Trinajstić information content (AvgIpc) is 2.96. The molecule has 1 aromatic rings. The van der Waals surface area contributed by atoms with Gasteiger partial charge in [0, 0.05) is 4.88 Å². The molecule has 1 aliphatic carbocycles. The summed E-state index contributed by atoms with van der Waals surface area (Å²) in [5, 5.41) is 3.66. The zero-order valence-electron chi connectivity index (χ0n) is 13.7. The summed E-state index contributed by atoms with van der Waals surface area (Å²) in [5.74, 6) is -0.418. The van der Waals surface area contributed by atoms with Gasteiger partial charge in [-0.25, -0.2) is 0 Å². The minimum Gasteiger partial charge on any atom is -0.365 e. The van der Waals surface area contributed by atoms with E-state index in [0.717, 1.165) is 37.9 Å². The van der Waals surface area contributed by atoms with Crippen molar-refractivity contribution in [3.8, 4) is 0 Å². The summed E-state index contributed by atoms with van der Waals surface area (Å²) in [5.41, 5.74) is 7.17. The van der Waals surface area contributed by atoms with E-state index in [2.05, 4.69) is 5.32 Å². The van der Waals surface area contributed by atoms with Gasteiger partial charge in [-0.15, -0.1) is 11.3 Å². The van der Waals surface area contributed by atoms with Gasteiger partial charge < -0.3 is 16.0 Å². The van der Waals surface area contributed by atoms with Gasteiger partial charge in [-0.3, -0.25) is 9.59 Å². The van der Waals surface area contributed by atoms with Crippen LogP contribution in [0.3, 0.4) is 0 Å². The molecule has 0 bridgehead atoms. The number of nitrogens with one attached hydrogen (secondary N) is 2. The molecule has 126 valence electrons. The summed E-state index contributed by atoms with van der Waals surface area (Å²) < 4.78 is 0. The lowest BCUT2D eigenvalue weighted by Crippen LogP contribution is -3.16. The fourth-order valence-corrected chi connectivity index (χ4v) is 5.07. The van der Waals surface area contributed by atoms with E-state index in [-0.39, 0.29) is 11.9 Å². The first-order chi connectivity index (χ1) is 11.1. The third-order valence-electron chi connectivity index (χ3n) is 5.16. The van der Waals surface area contributed by atoms with Crippen LogP contribution in [0.1, 0.15) is 59.8 Å². The summed E-state index contributed by atoms with van der Waals surface area (Å²) in [6, 6.07) is -0.0919. The van der Waals surface area contributed by atoms with Gasteiger partial charge in [0.2, 0.25) is 0 Å². The monoisotopic (exact) mass is 336 g/mol. The van der Waals surface area contributed by atoms with E-state index >= 15 is 0 Å². The molecule has 1 aromatic heterocycles. The number of amides is 2. The molecule has 2 heterocycles. The number of likely N-dealkylation sites (tertiary alicyclic amines) is 1. The Labute approximate surface area is 141 Å². The van der Waals surface area contributed by atoms with Crippen LogP contribution in [-0.4, -0.2) is 30.9 Å². The predicted octanol–water partition coefficient (Wildman–Crippen LogP) is 1.12. The fourth-order valence-electron chi connectivity index (χ4n) is 3.77. The number of aryl methyl sites for hydroxylation is 1. The number of primary amides is 1. The van der Waals surface area contributed by atoms with E-state index < -0.39 is 5.91 Å². The maximum absolute atomic E-state index is 12.6. The second-order valence-corrected chi connectivity index (χ2v) is 7.81. The quantitative estimate of drug-likeness (QED) is 0.771. The number of quaternary nitrogens is 1. The molecule has 0 radical (unpaired) electrons. The Morgan fingerprint density at radius 1 is 1.13 bits per heavy atom. The van der Waals surface area contributed by atoms with Crippen molar-refractivity contribution in [2.24, 2.45) is 5.73 Å². The number of hydrogen-bond donors (Lipinski definition) is 3. The number of rotatable bonds is 4. The standard InChI is InChI=1S/C17H25N3O2S/c1-11(20-9-4-2-3-5-10-20)16(22)19-17-14(15(18)21)12-7-6-8-13(12)23-17/h11H,2-10H2,1H3,(H2,18,21)(H,19,22)/p+1/t11-/m1/s1. The van der Waals surface area contributed by atoms with Gasteiger partial charge in [0.1, 0.15) is 5.00 Å². The molecule has 2 aliphatic rings. The van der Waals surface area contributed by atoms with Crippen LogP contribution in [0.25, 0.3) is 0 Å². The number of thiophene rings is 1. The minimum absolute atomic E-state index is 0.00400. The van der Waals surface area contributed by atoms with Gasteiger partial charge >= 0.3 is 0 Å². The molecule has 3 rings (SSSR count). The van der Waals surface area contributed by atoms with E-state index in [1.54, 1.807) is 0 Å². The van der Waals surface area contributed by atoms with Crippen molar-refractivity contribution in [2.75, 3.05) is 18.4 Å². The molecule has 0 unspecified atom stereocenters. The van der Waals surface area contributed by atoms with Crippen molar-refractivity contribution in [3.63, 3.8) is 0 Å². The maximum Gasteiger partial charge on any atom is 0.282 e. The van der Waals surface area contributed by atoms with Crippen molar-refractivity contribution in [1.29, 1.82) is 0 Å². The second kappa shape index (κ2) is 7.01. The van der Waals surface area contributed by atoms with Crippen LogP contribution >= 0.6 is 11.3 Å². The van der Waals surface area contributed by atoms with Crippen LogP contribution in [0.2, 0.25) is 0 Å². The molecule has 0 saturated carbocycles. The number of carbonyl (C=O) groups excluding carboxylic acids is 2. The van der Waals surface area contributed by atoms with Crippen LogP contribution in [0, 0.1) is 0 Å². The number of hydrogen-bond acceptors (Lipinski definition) is 3. The van der Waals surface area contributed by atoms with Crippen LogP contribution in [0.4, 0.5) is 5.00 Å². The summed E-state index contributed by atoms with van der Waals surface area (Å²) in [7, 11) is 0. The van der Waals surface area contributed by atoms with Crippen molar-refractivity contribution >= 4 is 28.2 Å². The third-order valence-corrected chi connectivity index (χ3v) is 6.36. The highest BCUT2D eigenvalue weighted by atomic mass is 32.1. The number of anilines is 1. The lowest BCUT2D eigenvalue weighted by atomic mass is 10.1. The Hall–Kier alpha value is -1.40. The molecule has 4 N–H and O–H groups in total. The molecule has 5 nitrogen and oxygen atoms in total. The van der Waals surface area contributed by atoms with E-state index in [1.165, 1.54) is 46.8 Å². The maximum atomic E-state index is 12.6. The predicted molar refractivity (Wildman–Crippen MR) is 92.1 cm³/mol. The van der Waals surface area contributed by atoms with Crippen LogP contribution < -0.4 is 16.0 Å². The second-order valence-electron chi connectivity index (χ2n) is 6.71. The largest absolute Gasteiger partial charge is 0.365 e. The van der Waals surface area contributed by atoms with Crippen molar-refractivity contribution in [3.05, 3.63) is 16.0 Å². The highest BCUT2D eigenvalue weighted by Crippen LogP contribution is 2.38. The molecule has 0 spiro atoms. The van der Waals surface area contributed by atoms with Gasteiger partial charge in [0.05, 0.1) is 18.7 Å². The Morgan fingerprint density at radius 2 is 1.83 bits per heavy atom. The zero-order chi connectivity index (χ0) is 16.4. The van der Waals surface area contributed by atoms with Crippen LogP contribution in [0.15, 0.2) is 0 Å². The fraction of sp³-hybridized carbons (Fsp3) is 0.647. The van der Waals surface area contributed by atoms with Crippen molar-refractivity contribution < 1.29 is 14.5 Å². The highest BCUT2D eigenvalue weighted by Gasteiger charge is 2.30. The molecule has 0 aromatic carbocycles. The minimum atomic E-state index is -0.422. The Bertz CT molecular complexity index is 603. The molecule has 1 aliphatic heterocycles. The summed E-state index contributed by atoms with van der Waals surface area (Å²) in [6.07, 6.45) is 7.86. The number of fused-ring (bicyclic) bond motifs is 1. The zero-order valence-corrected chi connectivity index (χ0v) is 14.6. The van der Waals surface area contributed by atoms with Crippen LogP contribution in [0.5, 0.6) is 0 Å². The molecular weight excluding hydrogens is 310 g/mol. The molecule has 2 amide bonds. The van der Waals surface area contributed by atoms with E-state index in [9.17, 15) is 9.59 Å². The van der Waals surface area contributed by atoms with Gasteiger partial charge in [-0.05, 0) is 57.4 Å². The van der Waals surface area contributed by atoms with E-state index in [0.29, 0.717) is 10.6 Å². The van der Waals surface area contributed by atoms with Gasteiger partial charge in [-0.2, -0.15) is 0 Å². The first-order valence-corrected chi connectivity index (χ1v) is 9.49. The smallest absolute Gasteiger partial charge is 0.282 e. The molecule has 1 atom stereocenters. The Morgan fingerprint density at radius 3 is 2.48 bits per heavy atom. The summed E-state index contributed by atoms with van der Waals surface area (Å²) in [4.78, 5) is 27.0. The average molecular weight is 336 g/mol. The Balaban J connectivity index is 1.73. The van der Waals surface area contributed by atoms with Crippen molar-refractivity contribution in [2.45, 2.75) is 57.9 Å². The van der Waals surface area contributed by atoms with Gasteiger partial charge in [0.15, 0.2) is 6.04 Å².